The third-order valence-corrected chi connectivity index (χ3v) is 3.11. The summed E-state index contributed by atoms with van der Waals surface area (Å²) in [6.07, 6.45) is 0. The summed E-state index contributed by atoms with van der Waals surface area (Å²) in [6.45, 7) is 12.2. The molecule has 0 heterocycles. The van der Waals surface area contributed by atoms with Crippen LogP contribution in [0, 0.1) is 23.7 Å². The average Bonchev–Trinajstić information content (AvgIpc) is 2.44. The van der Waals surface area contributed by atoms with Crippen LogP contribution in [0.5, 0.6) is 0 Å². The van der Waals surface area contributed by atoms with Gasteiger partial charge in [0.2, 0.25) is 0 Å². The highest BCUT2D eigenvalue weighted by atomic mass is 16.6. The Morgan fingerprint density at radius 3 is 1.86 bits per heavy atom. The second kappa shape index (κ2) is 11.2. The maximum atomic E-state index is 11.9. The number of hydrogen-bond donors (Lipinski definition) is 0. The Morgan fingerprint density at radius 1 is 1.00 bits per heavy atom. The zero-order chi connectivity index (χ0) is 16.3. The molecule has 0 saturated carbocycles. The molecule has 5 nitrogen and oxygen atoms in total. The minimum absolute atomic E-state index is 0.230. The highest BCUT2D eigenvalue weighted by Gasteiger charge is 2.34. The molecule has 1 atom stereocenters. The van der Waals surface area contributed by atoms with E-state index in [1.54, 1.807) is 20.8 Å². The van der Waals surface area contributed by atoms with Gasteiger partial charge >= 0.3 is 11.9 Å². The topological polar surface area (TPSA) is 55.8 Å². The minimum Gasteiger partial charge on any atom is -0.465 e. The Morgan fingerprint density at radius 2 is 1.48 bits per heavy atom. The number of carbonyl (C=O) groups excluding carboxylic acids is 2. The van der Waals surface area contributed by atoms with Gasteiger partial charge in [0, 0.05) is 5.92 Å². The minimum atomic E-state index is -0.978. The van der Waals surface area contributed by atoms with E-state index in [1.807, 2.05) is 0 Å². The molecule has 0 spiro atoms. The quantitative estimate of drug-likeness (QED) is 0.388. The zero-order valence-corrected chi connectivity index (χ0v) is 13.8. The molecule has 0 saturated heterocycles. The normalized spacial score (nSPS) is 11.8. The van der Waals surface area contributed by atoms with Crippen LogP contribution < -0.4 is 0 Å². The van der Waals surface area contributed by atoms with Crippen LogP contribution in [0.15, 0.2) is 0 Å². The molecular weight excluding hydrogens is 270 g/mol. The summed E-state index contributed by atoms with van der Waals surface area (Å²) < 4.78 is 9.89. The molecular formula is C16H27NO4. The van der Waals surface area contributed by atoms with E-state index < -0.39 is 23.8 Å². The van der Waals surface area contributed by atoms with E-state index in [4.69, 9.17) is 9.47 Å². The van der Waals surface area contributed by atoms with Crippen LogP contribution >= 0.6 is 0 Å². The van der Waals surface area contributed by atoms with Crippen molar-refractivity contribution in [3.8, 4) is 11.8 Å². The van der Waals surface area contributed by atoms with Crippen LogP contribution in [0.2, 0.25) is 0 Å². The van der Waals surface area contributed by atoms with E-state index in [2.05, 4.69) is 30.6 Å². The molecule has 0 rings (SSSR count). The van der Waals surface area contributed by atoms with Gasteiger partial charge in [-0.2, -0.15) is 0 Å². The van der Waals surface area contributed by atoms with Gasteiger partial charge in [-0.15, -0.1) is 0 Å². The summed E-state index contributed by atoms with van der Waals surface area (Å²) in [6, 6.07) is 0. The number of esters is 2. The highest BCUT2D eigenvalue weighted by Crippen LogP contribution is 2.15. The third-order valence-electron chi connectivity index (χ3n) is 3.11. The van der Waals surface area contributed by atoms with E-state index in [-0.39, 0.29) is 13.2 Å². The van der Waals surface area contributed by atoms with Gasteiger partial charge in [-0.1, -0.05) is 25.7 Å². The van der Waals surface area contributed by atoms with E-state index in [0.29, 0.717) is 6.54 Å². The lowest BCUT2D eigenvalue weighted by molar-refractivity contribution is -0.163. The molecule has 0 fully saturated rings. The monoisotopic (exact) mass is 297 g/mol. The third kappa shape index (κ3) is 7.14. The van der Waals surface area contributed by atoms with Gasteiger partial charge in [-0.25, -0.2) is 0 Å². The van der Waals surface area contributed by atoms with Crippen molar-refractivity contribution in [3.63, 3.8) is 0 Å². The first-order chi connectivity index (χ1) is 10.0. The maximum Gasteiger partial charge on any atom is 0.321 e. The van der Waals surface area contributed by atoms with Gasteiger partial charge in [-0.05, 0) is 33.9 Å². The summed E-state index contributed by atoms with van der Waals surface area (Å²) in [4.78, 5) is 26.0. The summed E-state index contributed by atoms with van der Waals surface area (Å²) in [5, 5.41) is 0. The number of rotatable bonds is 8. The molecule has 0 bridgehead atoms. The fourth-order valence-electron chi connectivity index (χ4n) is 1.82. The van der Waals surface area contributed by atoms with Crippen LogP contribution in [-0.2, 0) is 19.1 Å². The van der Waals surface area contributed by atoms with Crippen molar-refractivity contribution in [2.24, 2.45) is 11.8 Å². The van der Waals surface area contributed by atoms with Gasteiger partial charge in [-0.3, -0.25) is 14.5 Å². The first-order valence-electron chi connectivity index (χ1n) is 7.55. The summed E-state index contributed by atoms with van der Waals surface area (Å²) in [5.41, 5.74) is 0. The average molecular weight is 297 g/mol. The van der Waals surface area contributed by atoms with E-state index in [0.717, 1.165) is 13.1 Å². The summed E-state index contributed by atoms with van der Waals surface area (Å²) in [5.74, 6) is 3.44. The molecule has 0 aromatic heterocycles. The number of carbonyl (C=O) groups is 2. The second-order valence-corrected chi connectivity index (χ2v) is 4.55. The van der Waals surface area contributed by atoms with E-state index >= 15 is 0 Å². The molecule has 0 radical (unpaired) electrons. The Kier molecular flexibility index (Phi) is 10.3. The van der Waals surface area contributed by atoms with Crippen LogP contribution in [0.25, 0.3) is 0 Å². The first-order valence-corrected chi connectivity index (χ1v) is 7.55. The summed E-state index contributed by atoms with van der Waals surface area (Å²) >= 11 is 0. The highest BCUT2D eigenvalue weighted by molar-refractivity contribution is 5.95. The van der Waals surface area contributed by atoms with Crippen LogP contribution in [0.4, 0.5) is 0 Å². The van der Waals surface area contributed by atoms with Gasteiger partial charge in [0.05, 0.1) is 19.8 Å². The molecule has 0 aliphatic carbocycles. The molecule has 1 unspecified atom stereocenters. The second-order valence-electron chi connectivity index (χ2n) is 4.55. The van der Waals surface area contributed by atoms with Gasteiger partial charge < -0.3 is 9.47 Å². The zero-order valence-electron chi connectivity index (χ0n) is 13.8. The summed E-state index contributed by atoms with van der Waals surface area (Å²) in [7, 11) is 0. The van der Waals surface area contributed by atoms with Gasteiger partial charge in [0.25, 0.3) is 0 Å². The Bertz CT molecular complexity index is 361. The fourth-order valence-corrected chi connectivity index (χ4v) is 1.82. The molecule has 0 aromatic rings. The smallest absolute Gasteiger partial charge is 0.321 e. The standard InChI is InChI=1S/C16H27NO4/c1-6-17(7-2)12-10-11-13(5)14(15(18)20-8-3)16(19)21-9-4/h13-14H,6-9,12H2,1-5H3. The lowest BCUT2D eigenvalue weighted by Gasteiger charge is -2.17. The fraction of sp³-hybridized carbons (Fsp3) is 0.750. The number of ether oxygens (including phenoxy) is 2. The molecule has 120 valence electrons. The molecule has 21 heavy (non-hydrogen) atoms. The largest absolute Gasteiger partial charge is 0.465 e. The van der Waals surface area contributed by atoms with Crippen LogP contribution in [-0.4, -0.2) is 49.7 Å². The van der Waals surface area contributed by atoms with Crippen molar-refractivity contribution in [3.05, 3.63) is 0 Å². The Hall–Kier alpha value is -1.54. The SMILES string of the molecule is CCOC(=O)C(C(=O)OCC)C(C)C#CCN(CC)CC. The van der Waals surface area contributed by atoms with E-state index in [1.165, 1.54) is 0 Å². The molecule has 0 amide bonds. The van der Waals surface area contributed by atoms with Crippen LogP contribution in [0.3, 0.4) is 0 Å². The lowest BCUT2D eigenvalue weighted by atomic mass is 9.94. The lowest BCUT2D eigenvalue weighted by Crippen LogP contribution is -2.33. The number of nitrogens with zero attached hydrogens (tertiary/aromatic N) is 1. The van der Waals surface area contributed by atoms with Crippen molar-refractivity contribution in [1.29, 1.82) is 0 Å². The van der Waals surface area contributed by atoms with Crippen molar-refractivity contribution in [1.82, 2.24) is 4.90 Å². The molecule has 0 N–H and O–H groups in total. The predicted molar refractivity (Wildman–Crippen MR) is 81.5 cm³/mol. The molecule has 5 heteroatoms. The van der Waals surface area contributed by atoms with Gasteiger partial charge in [0.15, 0.2) is 5.92 Å². The Balaban J connectivity index is 4.86. The van der Waals surface area contributed by atoms with Gasteiger partial charge in [0.1, 0.15) is 0 Å². The van der Waals surface area contributed by atoms with Crippen molar-refractivity contribution in [2.75, 3.05) is 32.8 Å². The first kappa shape index (κ1) is 19.5. The molecule has 0 aromatic carbocycles. The predicted octanol–water partition coefficient (Wildman–Crippen LogP) is 1.71. The maximum absolute atomic E-state index is 11.9. The van der Waals surface area contributed by atoms with Crippen molar-refractivity contribution in [2.45, 2.75) is 34.6 Å². The van der Waals surface area contributed by atoms with Crippen molar-refractivity contribution < 1.29 is 19.1 Å². The van der Waals surface area contributed by atoms with Crippen LogP contribution in [0.1, 0.15) is 34.6 Å². The number of hydrogen-bond acceptors (Lipinski definition) is 5. The van der Waals surface area contributed by atoms with Crippen molar-refractivity contribution >= 4 is 11.9 Å². The Labute approximate surface area is 128 Å². The van der Waals surface area contributed by atoms with E-state index in [9.17, 15) is 9.59 Å². The molecule has 0 aliphatic rings. The molecule has 0 aliphatic heterocycles.